The third-order valence-corrected chi connectivity index (χ3v) is 2.02. The fourth-order valence-electron chi connectivity index (χ4n) is 1.17. The molecular weight excluding hydrogens is 186 g/mol. The van der Waals surface area contributed by atoms with Crippen LogP contribution in [0.5, 0.6) is 0 Å². The van der Waals surface area contributed by atoms with Gasteiger partial charge >= 0.3 is 0 Å². The van der Waals surface area contributed by atoms with Crippen LogP contribution in [0.4, 0.5) is 8.78 Å². The summed E-state index contributed by atoms with van der Waals surface area (Å²) in [7, 11) is 0. The van der Waals surface area contributed by atoms with Crippen LogP contribution in [0, 0.1) is 5.41 Å². The average Bonchev–Trinajstić information content (AvgIpc) is 1.98. The standard InChI is InChI=1S/C10H22F2N2/c1-10(2,3)4-6-14(7-5-13)8-9(11)12/h9H,4-8,13H2,1-3H3. The summed E-state index contributed by atoms with van der Waals surface area (Å²) in [5.74, 6) is 0. The lowest BCUT2D eigenvalue weighted by Gasteiger charge is -2.26. The Kier molecular flexibility index (Phi) is 6.20. The Bertz CT molecular complexity index is 144. The molecule has 0 aromatic carbocycles. The number of nitrogens with zero attached hydrogens (tertiary/aromatic N) is 1. The highest BCUT2D eigenvalue weighted by molar-refractivity contribution is 4.67. The lowest BCUT2D eigenvalue weighted by atomic mass is 9.92. The van der Waals surface area contributed by atoms with Gasteiger partial charge in [0.25, 0.3) is 6.43 Å². The van der Waals surface area contributed by atoms with Crippen LogP contribution in [0.15, 0.2) is 0 Å². The van der Waals surface area contributed by atoms with E-state index in [-0.39, 0.29) is 12.0 Å². The molecule has 0 rings (SSSR count). The maximum atomic E-state index is 12.1. The third kappa shape index (κ3) is 8.38. The quantitative estimate of drug-likeness (QED) is 0.723. The predicted octanol–water partition coefficient (Wildman–Crippen LogP) is 1.95. The Morgan fingerprint density at radius 2 is 1.79 bits per heavy atom. The van der Waals surface area contributed by atoms with Crippen LogP contribution in [0.1, 0.15) is 27.2 Å². The van der Waals surface area contributed by atoms with Gasteiger partial charge in [-0.2, -0.15) is 0 Å². The number of rotatable bonds is 6. The Morgan fingerprint density at radius 1 is 1.21 bits per heavy atom. The van der Waals surface area contributed by atoms with Crippen molar-refractivity contribution in [2.75, 3.05) is 26.2 Å². The second-order valence-electron chi connectivity index (χ2n) is 4.79. The normalized spacial score (nSPS) is 12.9. The van der Waals surface area contributed by atoms with Crippen LogP contribution >= 0.6 is 0 Å². The molecule has 0 unspecified atom stereocenters. The summed E-state index contributed by atoms with van der Waals surface area (Å²) in [6, 6.07) is 0. The molecule has 14 heavy (non-hydrogen) atoms. The molecule has 0 amide bonds. The number of halogens is 2. The molecule has 0 aliphatic carbocycles. The maximum Gasteiger partial charge on any atom is 0.251 e. The van der Waals surface area contributed by atoms with Gasteiger partial charge < -0.3 is 5.73 Å². The van der Waals surface area contributed by atoms with Crippen molar-refractivity contribution in [2.24, 2.45) is 11.1 Å². The van der Waals surface area contributed by atoms with Crippen molar-refractivity contribution < 1.29 is 8.78 Å². The van der Waals surface area contributed by atoms with Crippen molar-refractivity contribution in [2.45, 2.75) is 33.6 Å². The molecule has 0 heterocycles. The minimum absolute atomic E-state index is 0.159. The number of nitrogens with two attached hydrogens (primary N) is 1. The molecule has 4 heteroatoms. The zero-order valence-electron chi connectivity index (χ0n) is 9.39. The fourth-order valence-corrected chi connectivity index (χ4v) is 1.17. The van der Waals surface area contributed by atoms with Gasteiger partial charge in [-0.1, -0.05) is 20.8 Å². The molecule has 0 bridgehead atoms. The van der Waals surface area contributed by atoms with Gasteiger partial charge in [-0.25, -0.2) is 8.78 Å². The largest absolute Gasteiger partial charge is 0.329 e. The van der Waals surface area contributed by atoms with E-state index >= 15 is 0 Å². The van der Waals surface area contributed by atoms with Gasteiger partial charge in [-0.3, -0.25) is 4.90 Å². The Hall–Kier alpha value is -0.220. The fraction of sp³-hybridized carbons (Fsp3) is 1.00. The van der Waals surface area contributed by atoms with E-state index in [2.05, 4.69) is 20.8 Å². The van der Waals surface area contributed by atoms with Crippen molar-refractivity contribution in [1.29, 1.82) is 0 Å². The molecule has 0 aliphatic heterocycles. The zero-order valence-corrected chi connectivity index (χ0v) is 9.39. The van der Waals surface area contributed by atoms with Gasteiger partial charge in [0, 0.05) is 13.1 Å². The molecule has 0 saturated heterocycles. The van der Waals surface area contributed by atoms with E-state index in [9.17, 15) is 8.78 Å². The summed E-state index contributed by atoms with van der Waals surface area (Å²) in [5, 5.41) is 0. The highest BCUT2D eigenvalue weighted by atomic mass is 19.3. The summed E-state index contributed by atoms with van der Waals surface area (Å²) >= 11 is 0. The Balaban J connectivity index is 3.84. The molecule has 0 aliphatic rings. The number of hydrogen-bond donors (Lipinski definition) is 1. The van der Waals surface area contributed by atoms with Crippen molar-refractivity contribution in [3.63, 3.8) is 0 Å². The van der Waals surface area contributed by atoms with Crippen molar-refractivity contribution in [3.8, 4) is 0 Å². The van der Waals surface area contributed by atoms with E-state index < -0.39 is 6.43 Å². The van der Waals surface area contributed by atoms with Crippen LogP contribution < -0.4 is 5.73 Å². The Labute approximate surface area is 85.5 Å². The van der Waals surface area contributed by atoms with Crippen LogP contribution in [-0.2, 0) is 0 Å². The summed E-state index contributed by atoms with van der Waals surface area (Å²) < 4.78 is 24.3. The van der Waals surface area contributed by atoms with Crippen LogP contribution in [-0.4, -0.2) is 37.5 Å². The monoisotopic (exact) mass is 208 g/mol. The average molecular weight is 208 g/mol. The van der Waals surface area contributed by atoms with Crippen molar-refractivity contribution >= 4 is 0 Å². The van der Waals surface area contributed by atoms with Crippen LogP contribution in [0.25, 0.3) is 0 Å². The zero-order chi connectivity index (χ0) is 11.2. The molecule has 0 saturated carbocycles. The van der Waals surface area contributed by atoms with E-state index in [1.165, 1.54) is 0 Å². The van der Waals surface area contributed by atoms with Gasteiger partial charge in [0.1, 0.15) is 0 Å². The highest BCUT2D eigenvalue weighted by Crippen LogP contribution is 2.18. The predicted molar refractivity (Wildman–Crippen MR) is 55.6 cm³/mol. The highest BCUT2D eigenvalue weighted by Gasteiger charge is 2.15. The smallest absolute Gasteiger partial charge is 0.251 e. The molecule has 86 valence electrons. The minimum atomic E-state index is -2.26. The van der Waals surface area contributed by atoms with Crippen molar-refractivity contribution in [3.05, 3.63) is 0 Å². The second-order valence-corrected chi connectivity index (χ2v) is 4.79. The molecule has 0 radical (unpaired) electrons. The van der Waals surface area contributed by atoms with Crippen LogP contribution in [0.2, 0.25) is 0 Å². The molecular formula is C10H22F2N2. The molecule has 2 N–H and O–H groups in total. The topological polar surface area (TPSA) is 29.3 Å². The van der Waals surface area contributed by atoms with E-state index in [0.717, 1.165) is 6.42 Å². The lowest BCUT2D eigenvalue weighted by molar-refractivity contribution is 0.0838. The maximum absolute atomic E-state index is 12.1. The van der Waals surface area contributed by atoms with Gasteiger partial charge in [0.15, 0.2) is 0 Å². The first-order valence-electron chi connectivity index (χ1n) is 5.06. The second kappa shape index (κ2) is 6.30. The van der Waals surface area contributed by atoms with Gasteiger partial charge in [0.2, 0.25) is 0 Å². The minimum Gasteiger partial charge on any atom is -0.329 e. The number of hydrogen-bond acceptors (Lipinski definition) is 2. The van der Waals surface area contributed by atoms with Gasteiger partial charge in [0.05, 0.1) is 6.54 Å². The van der Waals surface area contributed by atoms with E-state index in [1.54, 1.807) is 4.90 Å². The summed E-state index contributed by atoms with van der Waals surface area (Å²) in [6.45, 7) is 7.86. The molecule has 2 nitrogen and oxygen atoms in total. The van der Waals surface area contributed by atoms with Gasteiger partial charge in [-0.15, -0.1) is 0 Å². The SMILES string of the molecule is CC(C)(C)CCN(CCN)CC(F)F. The molecule has 0 aromatic heterocycles. The summed E-state index contributed by atoms with van der Waals surface area (Å²) in [4.78, 5) is 1.73. The van der Waals surface area contributed by atoms with E-state index in [0.29, 0.717) is 19.6 Å². The summed E-state index contributed by atoms with van der Waals surface area (Å²) in [5.41, 5.74) is 5.55. The first-order chi connectivity index (χ1) is 6.35. The number of alkyl halides is 2. The van der Waals surface area contributed by atoms with Crippen molar-refractivity contribution in [1.82, 2.24) is 4.90 Å². The molecule has 0 aromatic rings. The Morgan fingerprint density at radius 3 is 2.14 bits per heavy atom. The summed E-state index contributed by atoms with van der Waals surface area (Å²) in [6.07, 6.45) is -1.35. The van der Waals surface area contributed by atoms with E-state index in [1.807, 2.05) is 0 Å². The van der Waals surface area contributed by atoms with E-state index in [4.69, 9.17) is 5.73 Å². The van der Waals surface area contributed by atoms with Gasteiger partial charge in [-0.05, 0) is 18.4 Å². The molecule has 0 fully saturated rings. The lowest BCUT2D eigenvalue weighted by Crippen LogP contribution is -2.35. The first kappa shape index (κ1) is 13.8. The molecule has 0 atom stereocenters. The first-order valence-corrected chi connectivity index (χ1v) is 5.06. The molecule has 0 spiro atoms. The van der Waals surface area contributed by atoms with Crippen LogP contribution in [0.3, 0.4) is 0 Å². The third-order valence-electron chi connectivity index (χ3n) is 2.02.